The molecule has 2 atom stereocenters. The van der Waals surface area contributed by atoms with Crippen LogP contribution in [0.5, 0.6) is 0 Å². The van der Waals surface area contributed by atoms with Crippen LogP contribution < -0.4 is 0 Å². The average Bonchev–Trinajstić information content (AvgIpc) is 2.31. The first-order chi connectivity index (χ1) is 7.21. The van der Waals surface area contributed by atoms with Crippen molar-refractivity contribution in [3.8, 4) is 0 Å². The van der Waals surface area contributed by atoms with Crippen LogP contribution in [0.25, 0.3) is 0 Å². The van der Waals surface area contributed by atoms with Gasteiger partial charge in [0.25, 0.3) is 0 Å². The Bertz CT molecular complexity index is 335. The molecule has 0 aromatic heterocycles. The molecule has 0 spiro atoms. The second kappa shape index (κ2) is 4.52. The molecule has 0 aromatic carbocycles. The zero-order chi connectivity index (χ0) is 10.7. The molecule has 0 heterocycles. The van der Waals surface area contributed by atoms with E-state index in [9.17, 15) is 8.42 Å². The molecule has 0 saturated carbocycles. The zero-order valence-electron chi connectivity index (χ0n) is 8.93. The highest BCUT2D eigenvalue weighted by Gasteiger charge is 2.31. The van der Waals surface area contributed by atoms with Crippen molar-refractivity contribution < 1.29 is 8.42 Å². The molecule has 0 aromatic rings. The fourth-order valence-corrected chi connectivity index (χ4v) is 4.43. The lowest BCUT2D eigenvalue weighted by Gasteiger charge is -2.23. The summed E-state index contributed by atoms with van der Waals surface area (Å²) in [6.07, 6.45) is 13.5. The number of hydrogen-bond acceptors (Lipinski definition) is 2. The van der Waals surface area contributed by atoms with Crippen molar-refractivity contribution in [2.45, 2.75) is 49.0 Å². The van der Waals surface area contributed by atoms with Gasteiger partial charge in [0.1, 0.15) is 0 Å². The Balaban J connectivity index is 2.17. The van der Waals surface area contributed by atoms with Gasteiger partial charge in [0.15, 0.2) is 9.84 Å². The summed E-state index contributed by atoms with van der Waals surface area (Å²) in [5.74, 6) is 0. The van der Waals surface area contributed by atoms with Gasteiger partial charge in [-0.3, -0.25) is 0 Å². The lowest BCUT2D eigenvalue weighted by atomic mass is 10.1. The van der Waals surface area contributed by atoms with E-state index in [0.29, 0.717) is 0 Å². The van der Waals surface area contributed by atoms with E-state index in [2.05, 4.69) is 0 Å². The van der Waals surface area contributed by atoms with Crippen LogP contribution >= 0.6 is 0 Å². The largest absolute Gasteiger partial charge is 0.228 e. The van der Waals surface area contributed by atoms with Crippen LogP contribution in [-0.4, -0.2) is 18.9 Å². The first-order valence-electron chi connectivity index (χ1n) is 5.77. The van der Waals surface area contributed by atoms with Gasteiger partial charge in [-0.1, -0.05) is 24.3 Å². The second-order valence-corrected chi connectivity index (χ2v) is 6.77. The summed E-state index contributed by atoms with van der Waals surface area (Å²) < 4.78 is 24.5. The van der Waals surface area contributed by atoms with Gasteiger partial charge in [0, 0.05) is 0 Å². The molecular formula is C12H18O2S. The third kappa shape index (κ3) is 2.33. The molecule has 0 bridgehead atoms. The summed E-state index contributed by atoms with van der Waals surface area (Å²) in [4.78, 5) is 0. The summed E-state index contributed by atoms with van der Waals surface area (Å²) in [5.41, 5.74) is 0. The van der Waals surface area contributed by atoms with E-state index < -0.39 is 9.84 Å². The van der Waals surface area contributed by atoms with Gasteiger partial charge in [-0.15, -0.1) is 0 Å². The topological polar surface area (TPSA) is 34.1 Å². The van der Waals surface area contributed by atoms with E-state index in [-0.39, 0.29) is 10.5 Å². The minimum Gasteiger partial charge on any atom is -0.228 e. The van der Waals surface area contributed by atoms with Gasteiger partial charge < -0.3 is 0 Å². The molecule has 84 valence electrons. The predicted octanol–water partition coefficient (Wildman–Crippen LogP) is 2.62. The van der Waals surface area contributed by atoms with Gasteiger partial charge in [0.2, 0.25) is 0 Å². The summed E-state index contributed by atoms with van der Waals surface area (Å²) >= 11 is 0. The van der Waals surface area contributed by atoms with Gasteiger partial charge in [-0.2, -0.15) is 0 Å². The first kappa shape index (κ1) is 10.9. The lowest BCUT2D eigenvalue weighted by molar-refractivity contribution is 0.559. The molecule has 15 heavy (non-hydrogen) atoms. The predicted molar refractivity (Wildman–Crippen MR) is 62.5 cm³/mol. The smallest absolute Gasteiger partial charge is 0.163 e. The molecule has 0 N–H and O–H groups in total. The molecule has 0 fully saturated rings. The summed E-state index contributed by atoms with van der Waals surface area (Å²) in [5, 5.41) is -0.446. The number of rotatable bonds is 2. The SMILES string of the molecule is O=S(=O)(C1C=CCCC1)C1C=CCCC1. The molecule has 2 nitrogen and oxygen atoms in total. The molecule has 0 aliphatic heterocycles. The van der Waals surface area contributed by atoms with Crippen molar-refractivity contribution in [1.82, 2.24) is 0 Å². The zero-order valence-corrected chi connectivity index (χ0v) is 9.75. The Morgan fingerprint density at radius 1 is 0.867 bits per heavy atom. The van der Waals surface area contributed by atoms with Crippen LogP contribution in [0.3, 0.4) is 0 Å². The van der Waals surface area contributed by atoms with Crippen molar-refractivity contribution >= 4 is 9.84 Å². The Morgan fingerprint density at radius 3 is 1.67 bits per heavy atom. The van der Waals surface area contributed by atoms with Crippen LogP contribution in [0.15, 0.2) is 24.3 Å². The standard InChI is InChI=1S/C12H18O2S/c13-15(14,11-7-3-1-4-8-11)12-9-5-2-6-10-12/h3,5,7,9,11-12H,1-2,4,6,8,10H2. The Morgan fingerprint density at radius 2 is 1.33 bits per heavy atom. The Kier molecular flexibility index (Phi) is 3.29. The number of allylic oxidation sites excluding steroid dienone is 2. The minimum atomic E-state index is -2.96. The van der Waals surface area contributed by atoms with Crippen LogP contribution in [0.1, 0.15) is 38.5 Å². The second-order valence-electron chi connectivity index (χ2n) is 4.38. The number of hydrogen-bond donors (Lipinski definition) is 0. The van der Waals surface area contributed by atoms with E-state index >= 15 is 0 Å². The number of sulfone groups is 1. The molecule has 0 amide bonds. The third-order valence-corrected chi connectivity index (χ3v) is 5.74. The van der Waals surface area contributed by atoms with Crippen molar-refractivity contribution in [2.75, 3.05) is 0 Å². The van der Waals surface area contributed by atoms with E-state index in [1.54, 1.807) is 0 Å². The van der Waals surface area contributed by atoms with Crippen LogP contribution in [-0.2, 0) is 9.84 Å². The lowest BCUT2D eigenvalue weighted by Crippen LogP contribution is -2.31. The van der Waals surface area contributed by atoms with Gasteiger partial charge in [-0.25, -0.2) is 8.42 Å². The highest BCUT2D eigenvalue weighted by Crippen LogP contribution is 2.26. The van der Waals surface area contributed by atoms with Crippen LogP contribution in [0, 0.1) is 0 Å². The van der Waals surface area contributed by atoms with Gasteiger partial charge >= 0.3 is 0 Å². The fraction of sp³-hybridized carbons (Fsp3) is 0.667. The maximum Gasteiger partial charge on any atom is 0.163 e. The first-order valence-corrected chi connectivity index (χ1v) is 7.38. The Hall–Kier alpha value is -0.570. The van der Waals surface area contributed by atoms with Crippen molar-refractivity contribution in [3.63, 3.8) is 0 Å². The van der Waals surface area contributed by atoms with Gasteiger partial charge in [0.05, 0.1) is 10.5 Å². The van der Waals surface area contributed by atoms with Crippen molar-refractivity contribution in [2.24, 2.45) is 0 Å². The van der Waals surface area contributed by atoms with Crippen molar-refractivity contribution in [3.05, 3.63) is 24.3 Å². The molecule has 2 unspecified atom stereocenters. The van der Waals surface area contributed by atoms with Crippen LogP contribution in [0.2, 0.25) is 0 Å². The Labute approximate surface area is 92.0 Å². The molecular weight excluding hydrogens is 208 g/mol. The maximum atomic E-state index is 12.2. The average molecular weight is 226 g/mol. The summed E-state index contributed by atoms with van der Waals surface area (Å²) in [6, 6.07) is 0. The third-order valence-electron chi connectivity index (χ3n) is 3.26. The maximum absolute atomic E-state index is 12.2. The van der Waals surface area contributed by atoms with Gasteiger partial charge in [-0.05, 0) is 38.5 Å². The molecule has 2 aliphatic carbocycles. The summed E-state index contributed by atoms with van der Waals surface area (Å²) in [7, 11) is -2.96. The van der Waals surface area contributed by atoms with E-state index in [1.165, 1.54) is 0 Å². The highest BCUT2D eigenvalue weighted by molar-refractivity contribution is 7.93. The molecule has 0 radical (unpaired) electrons. The van der Waals surface area contributed by atoms with E-state index in [1.807, 2.05) is 24.3 Å². The molecule has 0 saturated heterocycles. The fourth-order valence-electron chi connectivity index (χ4n) is 2.33. The van der Waals surface area contributed by atoms with Crippen molar-refractivity contribution in [1.29, 1.82) is 0 Å². The molecule has 2 rings (SSSR count). The van der Waals surface area contributed by atoms with Crippen LogP contribution in [0.4, 0.5) is 0 Å². The minimum absolute atomic E-state index is 0.223. The quantitative estimate of drug-likeness (QED) is 0.678. The normalized spacial score (nSPS) is 31.7. The monoisotopic (exact) mass is 226 g/mol. The van der Waals surface area contributed by atoms with E-state index in [0.717, 1.165) is 38.5 Å². The molecule has 2 aliphatic rings. The highest BCUT2D eigenvalue weighted by atomic mass is 32.2. The molecule has 3 heteroatoms. The summed E-state index contributed by atoms with van der Waals surface area (Å²) in [6.45, 7) is 0. The van der Waals surface area contributed by atoms with E-state index in [4.69, 9.17) is 0 Å².